The third-order valence-corrected chi connectivity index (χ3v) is 8.21. The van der Waals surface area contributed by atoms with Crippen molar-refractivity contribution in [2.24, 2.45) is 0 Å². The fourth-order valence-corrected chi connectivity index (χ4v) is 6.42. The number of nitrogens with zero attached hydrogens (tertiary/aromatic N) is 2. The molecule has 0 saturated heterocycles. The molecule has 9 nitrogen and oxygen atoms in total. The number of hydrogen-bond acceptors (Lipinski definition) is 7. The number of aliphatic hydroxyl groups is 1. The van der Waals surface area contributed by atoms with Crippen LogP contribution in [-0.2, 0) is 10.0 Å². The zero-order valence-electron chi connectivity index (χ0n) is 18.8. The minimum absolute atomic E-state index is 0.0209. The Hall–Kier alpha value is -2.73. The van der Waals surface area contributed by atoms with Crippen LogP contribution >= 0.6 is 11.6 Å². The number of benzene rings is 2. The van der Waals surface area contributed by atoms with E-state index in [1.807, 2.05) is 6.92 Å². The fourth-order valence-electron chi connectivity index (χ4n) is 4.31. The van der Waals surface area contributed by atoms with Gasteiger partial charge in [-0.1, -0.05) is 24.6 Å². The van der Waals surface area contributed by atoms with Gasteiger partial charge in [0.15, 0.2) is 6.73 Å². The van der Waals surface area contributed by atoms with Gasteiger partial charge in [0.05, 0.1) is 6.10 Å². The zero-order chi connectivity index (χ0) is 24.9. The molecule has 0 radical (unpaired) electrons. The van der Waals surface area contributed by atoms with Crippen LogP contribution in [0.25, 0.3) is 0 Å². The molecule has 3 aromatic rings. The monoisotopic (exact) mass is 511 g/mol. The van der Waals surface area contributed by atoms with E-state index in [1.165, 1.54) is 25.1 Å². The molecular weight excluding hydrogens is 489 g/mol. The van der Waals surface area contributed by atoms with E-state index in [9.17, 15) is 18.3 Å². The Bertz CT molecular complexity index is 1420. The molecule has 3 atom stereocenters. The summed E-state index contributed by atoms with van der Waals surface area (Å²) in [5, 5.41) is 16.4. The lowest BCUT2D eigenvalue weighted by atomic mass is 9.87. The molecule has 0 fully saturated rings. The molecule has 182 valence electrons. The molecule has 2 unspecified atom stereocenters. The van der Waals surface area contributed by atoms with Crippen LogP contribution in [0, 0.1) is 19.7 Å². The molecule has 12 heteroatoms. The molecule has 1 aliphatic rings. The number of sulfonamides is 1. The second-order valence-corrected chi connectivity index (χ2v) is 10.5. The van der Waals surface area contributed by atoms with Gasteiger partial charge in [-0.3, -0.25) is 0 Å². The Morgan fingerprint density at radius 2 is 1.97 bits per heavy atom. The normalized spacial score (nSPS) is 18.1. The molecule has 1 aromatic heterocycles. The first-order valence-electron chi connectivity index (χ1n) is 10.4. The molecule has 2 heterocycles. The number of rotatable bonds is 5. The van der Waals surface area contributed by atoms with Crippen molar-refractivity contribution in [3.8, 4) is 5.75 Å². The predicted octanol–water partition coefficient (Wildman–Crippen LogP) is 3.71. The zero-order valence-corrected chi connectivity index (χ0v) is 20.4. The van der Waals surface area contributed by atoms with Crippen LogP contribution in [0.1, 0.15) is 60.1 Å². The van der Waals surface area contributed by atoms with Crippen molar-refractivity contribution in [1.82, 2.24) is 14.5 Å². The lowest BCUT2D eigenvalue weighted by molar-refractivity contribution is 0.119. The highest BCUT2D eigenvalue weighted by Crippen LogP contribution is 2.46. The second-order valence-electron chi connectivity index (χ2n) is 8.25. The molecule has 0 amide bonds. The minimum atomic E-state index is -4.35. The predicted molar refractivity (Wildman–Crippen MR) is 121 cm³/mol. The molecule has 0 bridgehead atoms. The van der Waals surface area contributed by atoms with Crippen LogP contribution in [0.3, 0.4) is 0 Å². The van der Waals surface area contributed by atoms with E-state index in [-0.39, 0.29) is 32.7 Å². The van der Waals surface area contributed by atoms with Gasteiger partial charge in [0.1, 0.15) is 22.5 Å². The lowest BCUT2D eigenvalue weighted by Gasteiger charge is -2.37. The lowest BCUT2D eigenvalue weighted by Crippen LogP contribution is -2.43. The quantitative estimate of drug-likeness (QED) is 0.534. The van der Waals surface area contributed by atoms with Crippen LogP contribution < -0.4 is 10.5 Å². The number of hydrogen-bond donors (Lipinski definition) is 2. The van der Waals surface area contributed by atoms with E-state index in [1.54, 1.807) is 19.9 Å². The van der Waals surface area contributed by atoms with Crippen LogP contribution in [0.5, 0.6) is 5.75 Å². The first kappa shape index (κ1) is 24.4. The molecule has 0 spiro atoms. The summed E-state index contributed by atoms with van der Waals surface area (Å²) in [5.74, 6) is -2.53. The average molecular weight is 512 g/mol. The average Bonchev–Trinajstić information content (AvgIpc) is 3.17. The maximum absolute atomic E-state index is 15.0. The molecule has 34 heavy (non-hydrogen) atoms. The van der Waals surface area contributed by atoms with Crippen molar-refractivity contribution in [3.05, 3.63) is 73.8 Å². The summed E-state index contributed by atoms with van der Waals surface area (Å²) >= 11 is 6.09. The smallest absolute Gasteiger partial charge is 0.434 e. The summed E-state index contributed by atoms with van der Waals surface area (Å²) < 4.78 is 54.6. The van der Waals surface area contributed by atoms with Crippen LogP contribution in [0.15, 0.2) is 38.4 Å². The van der Waals surface area contributed by atoms with Crippen molar-refractivity contribution < 1.29 is 27.1 Å². The Balaban J connectivity index is 1.93. The summed E-state index contributed by atoms with van der Waals surface area (Å²) in [6, 6.07) is 4.36. The fraction of sp³-hybridized carbons (Fsp3) is 0.364. The number of aryl methyl sites for hydroxylation is 1. The van der Waals surface area contributed by atoms with E-state index in [0.717, 1.165) is 9.87 Å². The number of fused-ring (bicyclic) bond motifs is 1. The third-order valence-electron chi connectivity index (χ3n) is 6.09. The molecule has 1 aliphatic heterocycles. The number of ether oxygens (including phenoxy) is 1. The number of H-pyrrole nitrogens is 1. The standard InChI is InChI=1S/C22H23ClFN3O6S/c1-10-5-6-16(24)18(11(10)2)12(3)19(21-25-26-22(29)33-21)27-9-32-17-8-14(23)7-15(13(4)28)20(17)34(27,30)31/h5-8,12-13,19,28H,9H2,1-4H3,(H,26,29)/t12?,13?,19-/m0/s1. The van der Waals surface area contributed by atoms with Gasteiger partial charge in [-0.25, -0.2) is 22.7 Å². The SMILES string of the molecule is Cc1ccc(F)c(C(C)[C@@H](c2n[nH]c(=O)o2)N2COc3cc(Cl)cc(C(C)O)c3S2(=O)=O)c1C. The first-order valence-corrected chi connectivity index (χ1v) is 12.2. The Morgan fingerprint density at radius 3 is 2.59 bits per heavy atom. The highest BCUT2D eigenvalue weighted by Gasteiger charge is 2.46. The van der Waals surface area contributed by atoms with E-state index in [0.29, 0.717) is 5.56 Å². The van der Waals surface area contributed by atoms with E-state index in [2.05, 4.69) is 10.2 Å². The third kappa shape index (κ3) is 4.02. The van der Waals surface area contributed by atoms with E-state index in [4.69, 9.17) is 20.8 Å². The number of aliphatic hydroxyl groups excluding tert-OH is 1. The highest BCUT2D eigenvalue weighted by molar-refractivity contribution is 7.89. The van der Waals surface area contributed by atoms with Gasteiger partial charge < -0.3 is 14.3 Å². The van der Waals surface area contributed by atoms with Crippen LogP contribution in [-0.4, -0.2) is 34.8 Å². The van der Waals surface area contributed by atoms with Gasteiger partial charge >= 0.3 is 5.76 Å². The van der Waals surface area contributed by atoms with E-state index >= 15 is 4.39 Å². The van der Waals surface area contributed by atoms with E-state index < -0.39 is 46.4 Å². The van der Waals surface area contributed by atoms with Gasteiger partial charge in [-0.15, -0.1) is 9.40 Å². The van der Waals surface area contributed by atoms with Gasteiger partial charge in [-0.05, 0) is 49.6 Å². The largest absolute Gasteiger partial charge is 0.476 e. The summed E-state index contributed by atoms with van der Waals surface area (Å²) in [6.07, 6.45) is -1.18. The summed E-state index contributed by atoms with van der Waals surface area (Å²) in [7, 11) is -4.35. The van der Waals surface area contributed by atoms with Gasteiger partial charge in [0.2, 0.25) is 5.89 Å². The van der Waals surface area contributed by atoms with Gasteiger partial charge in [0.25, 0.3) is 10.0 Å². The Morgan fingerprint density at radius 1 is 1.26 bits per heavy atom. The highest BCUT2D eigenvalue weighted by atomic mass is 35.5. The van der Waals surface area contributed by atoms with Crippen molar-refractivity contribution in [2.45, 2.75) is 50.7 Å². The maximum atomic E-state index is 15.0. The number of aromatic amines is 1. The first-order chi connectivity index (χ1) is 15.9. The molecule has 2 N–H and O–H groups in total. The molecule has 0 aliphatic carbocycles. The van der Waals surface area contributed by atoms with Crippen molar-refractivity contribution in [3.63, 3.8) is 0 Å². The van der Waals surface area contributed by atoms with Gasteiger partial charge in [0, 0.05) is 22.6 Å². The topological polar surface area (TPSA) is 126 Å². The van der Waals surface area contributed by atoms with Crippen LogP contribution in [0.2, 0.25) is 5.02 Å². The summed E-state index contributed by atoms with van der Waals surface area (Å²) in [6.45, 7) is 6.08. The van der Waals surface area contributed by atoms with Crippen molar-refractivity contribution in [1.29, 1.82) is 0 Å². The molecule has 0 saturated carbocycles. The Kier molecular flexibility index (Phi) is 6.32. The minimum Gasteiger partial charge on any atom is -0.476 e. The number of halogens is 2. The van der Waals surface area contributed by atoms with Crippen molar-refractivity contribution in [2.75, 3.05) is 6.73 Å². The maximum Gasteiger partial charge on any atom is 0.434 e. The van der Waals surface area contributed by atoms with Crippen molar-refractivity contribution >= 4 is 21.6 Å². The number of aromatic nitrogens is 2. The Labute approximate surface area is 200 Å². The summed E-state index contributed by atoms with van der Waals surface area (Å²) in [4.78, 5) is 11.5. The molecule has 2 aromatic carbocycles. The summed E-state index contributed by atoms with van der Waals surface area (Å²) in [5.41, 5.74) is 1.73. The van der Waals surface area contributed by atoms with Crippen LogP contribution in [0.4, 0.5) is 4.39 Å². The second kappa shape index (κ2) is 8.81. The molecule has 4 rings (SSSR count). The molecular formula is C22H23ClFN3O6S. The number of nitrogens with one attached hydrogen (secondary N) is 1. The van der Waals surface area contributed by atoms with Gasteiger partial charge in [-0.2, -0.15) is 0 Å².